The average molecular weight is 309 g/mol. The summed E-state index contributed by atoms with van der Waals surface area (Å²) in [7, 11) is 0. The number of carbonyl (C=O) groups excluding carboxylic acids is 1. The van der Waals surface area contributed by atoms with Crippen LogP contribution in [0.25, 0.3) is 0 Å². The maximum Gasteiger partial charge on any atom is 0.310 e. The third-order valence-corrected chi connectivity index (χ3v) is 3.94. The van der Waals surface area contributed by atoms with Gasteiger partial charge in [-0.3, -0.25) is 9.59 Å². The fraction of sp³-hybridized carbons (Fsp3) is 0.500. The molecule has 0 bridgehead atoms. The first-order valence-electron chi connectivity index (χ1n) is 7.42. The van der Waals surface area contributed by atoms with Crippen LogP contribution in [0.1, 0.15) is 39.0 Å². The van der Waals surface area contributed by atoms with Crippen LogP contribution in [0.5, 0.6) is 5.75 Å². The second-order valence-corrected chi connectivity index (χ2v) is 5.65. The number of aliphatic carboxylic acids is 1. The van der Waals surface area contributed by atoms with Crippen molar-refractivity contribution < 1.29 is 23.8 Å². The number of anilines is 1. The molecular weight excluding hydrogens is 289 g/mol. The molecule has 0 unspecified atom stereocenters. The van der Waals surface area contributed by atoms with E-state index in [1.807, 2.05) is 6.92 Å². The highest BCUT2D eigenvalue weighted by molar-refractivity contribution is 5.95. The van der Waals surface area contributed by atoms with E-state index in [2.05, 4.69) is 5.32 Å². The largest absolute Gasteiger partial charge is 0.491 e. The summed E-state index contributed by atoms with van der Waals surface area (Å²) in [6.07, 6.45) is 2.52. The standard InChI is InChI=1S/C16H20FNO4/c1-2-8-22-13-9-11(17)4-5-12(13)18-14(19)10-16(15(20)21)6-3-7-16/h4-5,9H,2-3,6-8,10H2,1H3,(H,18,19)(H,20,21). The van der Waals surface area contributed by atoms with Crippen LogP contribution < -0.4 is 10.1 Å². The van der Waals surface area contributed by atoms with E-state index in [0.29, 0.717) is 25.1 Å². The predicted molar refractivity (Wildman–Crippen MR) is 79.4 cm³/mol. The van der Waals surface area contributed by atoms with Crippen LogP contribution in [0.4, 0.5) is 10.1 Å². The second kappa shape index (κ2) is 6.77. The number of benzene rings is 1. The molecule has 0 aromatic heterocycles. The van der Waals surface area contributed by atoms with Crippen molar-refractivity contribution in [2.45, 2.75) is 39.0 Å². The number of carboxylic acids is 1. The lowest BCUT2D eigenvalue weighted by molar-refractivity contribution is -0.157. The molecule has 0 heterocycles. The van der Waals surface area contributed by atoms with Crippen LogP contribution in [0.2, 0.25) is 0 Å². The van der Waals surface area contributed by atoms with Crippen molar-refractivity contribution in [3.05, 3.63) is 24.0 Å². The lowest BCUT2D eigenvalue weighted by atomic mass is 9.66. The van der Waals surface area contributed by atoms with E-state index < -0.39 is 23.1 Å². The Balaban J connectivity index is 2.06. The second-order valence-electron chi connectivity index (χ2n) is 5.65. The molecule has 5 nitrogen and oxygen atoms in total. The summed E-state index contributed by atoms with van der Waals surface area (Å²) in [6, 6.07) is 3.86. The Hall–Kier alpha value is -2.11. The van der Waals surface area contributed by atoms with Gasteiger partial charge in [-0.15, -0.1) is 0 Å². The monoisotopic (exact) mass is 309 g/mol. The molecule has 2 rings (SSSR count). The van der Waals surface area contributed by atoms with Gasteiger partial charge < -0.3 is 15.2 Å². The van der Waals surface area contributed by atoms with Gasteiger partial charge >= 0.3 is 5.97 Å². The van der Waals surface area contributed by atoms with E-state index in [1.165, 1.54) is 18.2 Å². The lowest BCUT2D eigenvalue weighted by Gasteiger charge is -2.36. The molecular formula is C16H20FNO4. The highest BCUT2D eigenvalue weighted by atomic mass is 19.1. The summed E-state index contributed by atoms with van der Waals surface area (Å²) < 4.78 is 18.7. The van der Waals surface area contributed by atoms with E-state index in [-0.39, 0.29) is 12.2 Å². The number of hydrogen-bond donors (Lipinski definition) is 2. The van der Waals surface area contributed by atoms with Crippen LogP contribution >= 0.6 is 0 Å². The number of rotatable bonds is 7. The van der Waals surface area contributed by atoms with Crippen LogP contribution in [0.3, 0.4) is 0 Å². The van der Waals surface area contributed by atoms with Crippen molar-refractivity contribution >= 4 is 17.6 Å². The molecule has 1 amide bonds. The summed E-state index contributed by atoms with van der Waals surface area (Å²) in [6.45, 7) is 2.33. The molecule has 1 aliphatic carbocycles. The minimum absolute atomic E-state index is 0.0765. The molecule has 0 radical (unpaired) electrons. The van der Waals surface area contributed by atoms with Crippen molar-refractivity contribution in [2.75, 3.05) is 11.9 Å². The third-order valence-electron chi connectivity index (χ3n) is 3.94. The number of ether oxygens (including phenoxy) is 1. The Kier molecular flexibility index (Phi) is 5.00. The van der Waals surface area contributed by atoms with E-state index >= 15 is 0 Å². The Labute approximate surface area is 128 Å². The Morgan fingerprint density at radius 3 is 2.68 bits per heavy atom. The van der Waals surface area contributed by atoms with Gasteiger partial charge in [0.15, 0.2) is 0 Å². The van der Waals surface area contributed by atoms with Gasteiger partial charge in [0, 0.05) is 12.5 Å². The van der Waals surface area contributed by atoms with E-state index in [4.69, 9.17) is 4.74 Å². The smallest absolute Gasteiger partial charge is 0.310 e. The van der Waals surface area contributed by atoms with Crippen LogP contribution in [-0.4, -0.2) is 23.6 Å². The molecule has 1 aliphatic rings. The molecule has 2 N–H and O–H groups in total. The van der Waals surface area contributed by atoms with Crippen molar-refractivity contribution in [1.29, 1.82) is 0 Å². The van der Waals surface area contributed by atoms with Crippen molar-refractivity contribution in [3.63, 3.8) is 0 Å². The summed E-state index contributed by atoms with van der Waals surface area (Å²) in [5.41, 5.74) is -0.589. The minimum atomic E-state index is -0.950. The number of carboxylic acid groups (broad SMARTS) is 1. The first-order valence-corrected chi connectivity index (χ1v) is 7.42. The lowest BCUT2D eigenvalue weighted by Crippen LogP contribution is -2.41. The molecule has 0 aliphatic heterocycles. The summed E-state index contributed by atoms with van der Waals surface area (Å²) in [5, 5.41) is 11.9. The SMILES string of the molecule is CCCOc1cc(F)ccc1NC(=O)CC1(C(=O)O)CCC1. The van der Waals surface area contributed by atoms with Gasteiger partial charge in [0.2, 0.25) is 5.91 Å². The number of carbonyl (C=O) groups is 2. The van der Waals surface area contributed by atoms with Gasteiger partial charge in [-0.2, -0.15) is 0 Å². The number of halogens is 1. The Bertz CT molecular complexity index is 569. The summed E-state index contributed by atoms with van der Waals surface area (Å²) in [4.78, 5) is 23.4. The zero-order valence-electron chi connectivity index (χ0n) is 12.5. The van der Waals surface area contributed by atoms with Crippen LogP contribution in [-0.2, 0) is 9.59 Å². The molecule has 0 spiro atoms. The summed E-state index contributed by atoms with van der Waals surface area (Å²) in [5.74, 6) is -1.52. The third kappa shape index (κ3) is 3.55. The summed E-state index contributed by atoms with van der Waals surface area (Å²) >= 11 is 0. The minimum Gasteiger partial charge on any atom is -0.491 e. The molecule has 6 heteroatoms. The maximum atomic E-state index is 13.3. The van der Waals surface area contributed by atoms with Gasteiger partial charge in [0.1, 0.15) is 11.6 Å². The highest BCUT2D eigenvalue weighted by Gasteiger charge is 2.45. The quantitative estimate of drug-likeness (QED) is 0.811. The normalized spacial score (nSPS) is 15.7. The molecule has 120 valence electrons. The first-order chi connectivity index (χ1) is 10.5. The van der Waals surface area contributed by atoms with Gasteiger partial charge in [0.25, 0.3) is 0 Å². The van der Waals surface area contributed by atoms with Crippen molar-refractivity contribution in [1.82, 2.24) is 0 Å². The van der Waals surface area contributed by atoms with Gasteiger partial charge in [0.05, 0.1) is 17.7 Å². The van der Waals surface area contributed by atoms with Gasteiger partial charge in [-0.05, 0) is 31.4 Å². The molecule has 1 fully saturated rings. The van der Waals surface area contributed by atoms with Crippen LogP contribution in [0.15, 0.2) is 18.2 Å². The maximum absolute atomic E-state index is 13.3. The topological polar surface area (TPSA) is 75.6 Å². The molecule has 0 saturated heterocycles. The van der Waals surface area contributed by atoms with Crippen LogP contribution in [0, 0.1) is 11.2 Å². The highest BCUT2D eigenvalue weighted by Crippen LogP contribution is 2.44. The van der Waals surface area contributed by atoms with Gasteiger partial charge in [-0.25, -0.2) is 4.39 Å². The van der Waals surface area contributed by atoms with E-state index in [1.54, 1.807) is 0 Å². The van der Waals surface area contributed by atoms with E-state index in [9.17, 15) is 19.1 Å². The zero-order chi connectivity index (χ0) is 16.2. The molecule has 1 saturated carbocycles. The van der Waals surface area contributed by atoms with Gasteiger partial charge in [-0.1, -0.05) is 13.3 Å². The molecule has 0 atom stereocenters. The number of hydrogen-bond acceptors (Lipinski definition) is 3. The molecule has 22 heavy (non-hydrogen) atoms. The molecule has 1 aromatic carbocycles. The Morgan fingerprint density at radius 1 is 1.41 bits per heavy atom. The molecule has 1 aromatic rings. The average Bonchev–Trinajstić information content (AvgIpc) is 2.42. The fourth-order valence-electron chi connectivity index (χ4n) is 2.50. The predicted octanol–water partition coefficient (Wildman–Crippen LogP) is 3.20. The zero-order valence-corrected chi connectivity index (χ0v) is 12.5. The first kappa shape index (κ1) is 16.3. The van der Waals surface area contributed by atoms with Crippen molar-refractivity contribution in [3.8, 4) is 5.75 Å². The number of amides is 1. The van der Waals surface area contributed by atoms with Crippen molar-refractivity contribution in [2.24, 2.45) is 5.41 Å². The van der Waals surface area contributed by atoms with E-state index in [0.717, 1.165) is 12.8 Å². The fourth-order valence-corrected chi connectivity index (χ4v) is 2.50. The number of nitrogens with one attached hydrogen (secondary N) is 1. The Morgan fingerprint density at radius 2 is 2.14 bits per heavy atom.